The Labute approximate surface area is 496 Å². The summed E-state index contributed by atoms with van der Waals surface area (Å²) in [6.45, 7) is 32.9. The zero-order valence-electron chi connectivity index (χ0n) is 46.1. The Bertz CT molecular complexity index is 3040. The quantitative estimate of drug-likeness (QED) is 0.0363. The van der Waals surface area contributed by atoms with Gasteiger partial charge in [-0.15, -0.1) is 0 Å². The molecule has 0 spiro atoms. The van der Waals surface area contributed by atoms with Crippen molar-refractivity contribution in [3.05, 3.63) is 237 Å². The Balaban J connectivity index is 1.54. The first-order valence-corrected chi connectivity index (χ1v) is 37.0. The second-order valence-electron chi connectivity index (χ2n) is 19.4. The molecule has 408 valence electrons. The molecular formula is C66H63N6O6Sb3. The molecule has 7 rings (SSSR count). The number of hydrogen-bond donors (Lipinski definition) is 6. The van der Waals surface area contributed by atoms with Crippen LogP contribution in [0.15, 0.2) is 237 Å². The minimum atomic E-state index is -3.22. The predicted octanol–water partition coefficient (Wildman–Crippen LogP) is 6.32. The van der Waals surface area contributed by atoms with Crippen molar-refractivity contribution in [2.24, 2.45) is 0 Å². The zero-order chi connectivity index (χ0) is 58.7. The van der Waals surface area contributed by atoms with Gasteiger partial charge >= 0.3 is 501 Å². The van der Waals surface area contributed by atoms with Crippen LogP contribution in [0.1, 0.15) is 41.5 Å². The van der Waals surface area contributed by atoms with Gasteiger partial charge in [0.15, 0.2) is 0 Å². The third-order valence-corrected chi connectivity index (χ3v) is 32.9. The van der Waals surface area contributed by atoms with Gasteiger partial charge in [-0.3, -0.25) is 0 Å². The van der Waals surface area contributed by atoms with E-state index in [4.69, 9.17) is 0 Å². The van der Waals surface area contributed by atoms with Crippen LogP contribution in [0.25, 0.3) is 0 Å². The molecule has 0 aliphatic heterocycles. The molecule has 0 aromatic heterocycles. The van der Waals surface area contributed by atoms with E-state index in [9.17, 15) is 28.8 Å². The number of nitrogens with one attached hydrogen (secondary N) is 6. The minimum absolute atomic E-state index is 0.282. The van der Waals surface area contributed by atoms with Gasteiger partial charge in [0.1, 0.15) is 0 Å². The summed E-state index contributed by atoms with van der Waals surface area (Å²) in [5.74, 6) is -1.69. The molecule has 0 heterocycles. The van der Waals surface area contributed by atoms with Crippen LogP contribution in [0.2, 0.25) is 0 Å². The Morgan fingerprint density at radius 2 is 0.358 bits per heavy atom. The summed E-state index contributed by atoms with van der Waals surface area (Å²) in [6, 6.07) is 55.2. The molecule has 0 aliphatic rings. The molecule has 0 saturated heterocycles. The van der Waals surface area contributed by atoms with E-state index in [1.165, 1.54) is 0 Å². The maximum atomic E-state index is 12.9. The van der Waals surface area contributed by atoms with Crippen LogP contribution in [0.4, 0.5) is 34.1 Å². The van der Waals surface area contributed by atoms with Crippen molar-refractivity contribution in [1.82, 2.24) is 0 Å². The molecule has 12 nitrogen and oxygen atoms in total. The summed E-state index contributed by atoms with van der Waals surface area (Å²) in [5, 5.41) is 17.8. The second-order valence-corrected chi connectivity index (χ2v) is 38.4. The molecule has 7 aromatic carbocycles. The zero-order valence-corrected chi connectivity index (χ0v) is 53.8. The topological polar surface area (TPSA) is 175 Å². The van der Waals surface area contributed by atoms with Crippen molar-refractivity contribution < 1.29 is 28.8 Å². The maximum absolute atomic E-state index is 12.9. The van der Waals surface area contributed by atoms with E-state index < -0.39 is 60.6 Å². The van der Waals surface area contributed by atoms with Crippen LogP contribution < -0.4 is 63.5 Å². The number of rotatable bonds is 21. The number of amides is 6. The van der Waals surface area contributed by atoms with E-state index in [2.05, 4.69) is 162 Å². The van der Waals surface area contributed by atoms with Crippen molar-refractivity contribution in [2.75, 3.05) is 31.9 Å². The first kappa shape index (κ1) is 60.9. The number of anilines is 6. The Morgan fingerprint density at radius 3 is 0.469 bits per heavy atom. The number of hydrogen-bond acceptors (Lipinski definition) is 6. The standard InChI is InChI=1S/6C10H10NO.C6H3.3Sb/c6*1-8(2)10(12)11-9-6-4-3-5-7-9;1-2-4-6-5-3-1;;;/h6*4-7H,1H2,2H3,(H,11,12);1,4-5H;;;. The average molecular weight is 1400 g/mol. The van der Waals surface area contributed by atoms with Crippen LogP contribution in [0.5, 0.6) is 0 Å². The van der Waals surface area contributed by atoms with Gasteiger partial charge in [0.05, 0.1) is 0 Å². The molecule has 0 radical (unpaired) electrons. The summed E-state index contributed by atoms with van der Waals surface area (Å²) >= 11 is -9.65. The number of carbonyl (C=O) groups excluding carboxylic acids is 6. The third-order valence-electron chi connectivity index (χ3n) is 12.3. The first-order valence-electron chi connectivity index (χ1n) is 25.5. The fourth-order valence-electron chi connectivity index (χ4n) is 7.90. The molecule has 0 atom stereocenters. The summed E-state index contributed by atoms with van der Waals surface area (Å²) in [7, 11) is 0. The second kappa shape index (κ2) is 27.6. The predicted molar refractivity (Wildman–Crippen MR) is 340 cm³/mol. The summed E-state index contributed by atoms with van der Waals surface area (Å²) in [6.07, 6.45) is 0. The molecule has 7 aromatic rings. The molecule has 81 heavy (non-hydrogen) atoms. The Kier molecular flexibility index (Phi) is 20.8. The van der Waals surface area contributed by atoms with E-state index in [0.29, 0.717) is 67.6 Å². The summed E-state index contributed by atoms with van der Waals surface area (Å²) in [4.78, 5) is 77.1. The van der Waals surface area contributed by atoms with Gasteiger partial charge in [-0.1, -0.05) is 0 Å². The van der Waals surface area contributed by atoms with Crippen molar-refractivity contribution in [2.45, 2.75) is 41.5 Å². The van der Waals surface area contributed by atoms with Gasteiger partial charge in [-0.25, -0.2) is 0 Å². The van der Waals surface area contributed by atoms with E-state index in [1.807, 2.05) is 72.8 Å². The molecule has 6 amide bonds. The fraction of sp³-hybridized carbons (Fsp3) is 0.0909. The van der Waals surface area contributed by atoms with Crippen LogP contribution in [-0.4, -0.2) is 96.1 Å². The monoisotopic (exact) mass is 1400 g/mol. The van der Waals surface area contributed by atoms with Gasteiger partial charge in [0.2, 0.25) is 0 Å². The molecule has 0 saturated carbocycles. The number of carbonyl (C=O) groups is 6. The van der Waals surface area contributed by atoms with E-state index in [1.54, 1.807) is 41.5 Å². The van der Waals surface area contributed by atoms with Crippen LogP contribution in [0.3, 0.4) is 0 Å². The van der Waals surface area contributed by atoms with Crippen molar-refractivity contribution in [3.63, 3.8) is 0 Å². The van der Waals surface area contributed by atoms with Gasteiger partial charge in [0, 0.05) is 0 Å². The molecule has 6 N–H and O–H groups in total. The fourth-order valence-corrected chi connectivity index (χ4v) is 30.5. The van der Waals surface area contributed by atoms with Gasteiger partial charge in [0.25, 0.3) is 0 Å². The Hall–Kier alpha value is -7.75. The number of benzene rings is 7. The van der Waals surface area contributed by atoms with Crippen LogP contribution in [0, 0.1) is 0 Å². The van der Waals surface area contributed by atoms with Gasteiger partial charge in [-0.05, 0) is 0 Å². The average Bonchev–Trinajstić information content (AvgIpc) is 3.56. The molecule has 0 unspecified atom stereocenters. The molecule has 0 aliphatic carbocycles. The molecular weight excluding hydrogens is 1340 g/mol. The van der Waals surface area contributed by atoms with Crippen molar-refractivity contribution >= 4 is 162 Å². The van der Waals surface area contributed by atoms with Crippen LogP contribution >= 0.6 is 0 Å². The SMILES string of the molecule is C=C(C)C(=O)Nc1cc[c]([Sb]([c]2ccc(NC(=O)C(=C)C)cc2)[c]2c[c]([Sb]([c]3ccc(NC(=O)C(=C)C)cc3)[c]3ccc(NC(=O)C(=C)C)cc3)c[c]([Sb]([c]3ccc(NC(=O)C(=C)C)cc3)[c]3ccc(NC(=O)C(=C)C)cc3)c2)cc1. The molecule has 0 fully saturated rings. The van der Waals surface area contributed by atoms with Crippen molar-refractivity contribution in [1.29, 1.82) is 0 Å². The normalized spacial score (nSPS) is 10.8. The van der Waals surface area contributed by atoms with Gasteiger partial charge < -0.3 is 0 Å². The Morgan fingerprint density at radius 1 is 0.235 bits per heavy atom. The van der Waals surface area contributed by atoms with Crippen molar-refractivity contribution in [3.8, 4) is 0 Å². The van der Waals surface area contributed by atoms with E-state index in [0.717, 1.165) is 31.6 Å². The van der Waals surface area contributed by atoms with Gasteiger partial charge in [-0.2, -0.15) is 0 Å². The van der Waals surface area contributed by atoms with E-state index >= 15 is 0 Å². The summed E-state index contributed by atoms with van der Waals surface area (Å²) in [5.41, 5.74) is 6.05. The van der Waals surface area contributed by atoms with E-state index in [-0.39, 0.29) is 35.4 Å². The first-order chi connectivity index (χ1) is 38.5. The third kappa shape index (κ3) is 16.2. The summed E-state index contributed by atoms with van der Waals surface area (Å²) < 4.78 is 10.1. The van der Waals surface area contributed by atoms with Crippen LogP contribution in [-0.2, 0) is 28.8 Å². The molecule has 0 bridgehead atoms. The molecule has 15 heteroatoms.